The van der Waals surface area contributed by atoms with Crippen molar-refractivity contribution in [3.05, 3.63) is 65.7 Å². The average molecular weight is 365 g/mol. The molecule has 0 fully saturated rings. The van der Waals surface area contributed by atoms with Crippen molar-refractivity contribution in [2.75, 3.05) is 13.7 Å². The minimum atomic E-state index is -0.273. The molecule has 3 aromatic carbocycles. The van der Waals surface area contributed by atoms with Crippen LogP contribution in [0.2, 0.25) is 0 Å². The van der Waals surface area contributed by atoms with Crippen LogP contribution in [0.4, 0.5) is 0 Å². The first kappa shape index (κ1) is 18.6. The smallest absolute Gasteiger partial charge is 0.227 e. The van der Waals surface area contributed by atoms with Gasteiger partial charge in [-0.15, -0.1) is 0 Å². The maximum atomic E-state index is 12.5. The Bertz CT molecular complexity index is 968. The molecule has 0 aliphatic carbocycles. The average Bonchev–Trinajstić information content (AvgIpc) is 2.69. The molecule has 0 unspecified atom stereocenters. The molecule has 0 spiro atoms. The van der Waals surface area contributed by atoms with E-state index in [1.54, 1.807) is 13.2 Å². The highest BCUT2D eigenvalue weighted by molar-refractivity contribution is 5.88. The summed E-state index contributed by atoms with van der Waals surface area (Å²) in [5, 5.41) is 23.9. The predicted molar refractivity (Wildman–Crippen MR) is 105 cm³/mol. The summed E-state index contributed by atoms with van der Waals surface area (Å²) in [6.45, 7) is 2.34. The topological polar surface area (TPSA) is 78.8 Å². The van der Waals surface area contributed by atoms with Crippen molar-refractivity contribution in [3.63, 3.8) is 0 Å². The van der Waals surface area contributed by atoms with Gasteiger partial charge in [-0.25, -0.2) is 0 Å². The normalized spacial score (nSPS) is 11.9. The van der Waals surface area contributed by atoms with Crippen molar-refractivity contribution >= 4 is 16.7 Å². The highest BCUT2D eigenvalue weighted by Crippen LogP contribution is 2.26. The fraction of sp³-hybridized carbons (Fsp3) is 0.227. The van der Waals surface area contributed by atoms with Crippen LogP contribution in [-0.2, 0) is 11.2 Å². The number of nitrogens with one attached hydrogen (secondary N) is 1. The monoisotopic (exact) mass is 365 g/mol. The van der Waals surface area contributed by atoms with Crippen molar-refractivity contribution in [2.45, 2.75) is 19.3 Å². The van der Waals surface area contributed by atoms with E-state index >= 15 is 0 Å². The van der Waals surface area contributed by atoms with Gasteiger partial charge in [0.25, 0.3) is 0 Å². The van der Waals surface area contributed by atoms with Crippen molar-refractivity contribution in [1.29, 1.82) is 0 Å². The largest absolute Gasteiger partial charge is 0.504 e. The highest BCUT2D eigenvalue weighted by atomic mass is 16.5. The van der Waals surface area contributed by atoms with Crippen LogP contribution in [0.25, 0.3) is 10.8 Å². The Morgan fingerprint density at radius 1 is 1.00 bits per heavy atom. The Kier molecular flexibility index (Phi) is 5.50. The summed E-state index contributed by atoms with van der Waals surface area (Å²) >= 11 is 0. The fourth-order valence-corrected chi connectivity index (χ4v) is 3.00. The molecule has 5 nitrogen and oxygen atoms in total. The minimum Gasteiger partial charge on any atom is -0.504 e. The molecule has 0 heterocycles. The number of benzene rings is 3. The lowest BCUT2D eigenvalue weighted by atomic mass is 9.97. The molecule has 0 saturated heterocycles. The molecular weight excluding hydrogens is 342 g/mol. The molecule has 1 amide bonds. The van der Waals surface area contributed by atoms with E-state index in [1.807, 2.05) is 43.3 Å². The summed E-state index contributed by atoms with van der Waals surface area (Å²) < 4.78 is 5.24. The molecule has 1 atom stereocenters. The predicted octanol–water partition coefficient (Wildman–Crippen LogP) is 3.72. The SMILES string of the molecule is COc1ccc2cc([C@H](C)C(=O)NCCc3ccc(O)c(O)c3)ccc2c1. The number of rotatable bonds is 6. The second-order valence-electron chi connectivity index (χ2n) is 6.56. The minimum absolute atomic E-state index is 0.0501. The summed E-state index contributed by atoms with van der Waals surface area (Å²) in [5.41, 5.74) is 1.80. The molecule has 3 N–H and O–H groups in total. The maximum absolute atomic E-state index is 12.5. The van der Waals surface area contributed by atoms with Crippen molar-refractivity contribution in [2.24, 2.45) is 0 Å². The lowest BCUT2D eigenvalue weighted by molar-refractivity contribution is -0.122. The molecular formula is C22H23NO4. The van der Waals surface area contributed by atoms with Gasteiger partial charge in [0.15, 0.2) is 11.5 Å². The number of carbonyl (C=O) groups is 1. The van der Waals surface area contributed by atoms with Crippen molar-refractivity contribution in [1.82, 2.24) is 5.32 Å². The third-order valence-corrected chi connectivity index (χ3v) is 4.72. The fourth-order valence-electron chi connectivity index (χ4n) is 3.00. The van der Waals surface area contributed by atoms with E-state index in [0.717, 1.165) is 27.6 Å². The number of phenolic OH excluding ortho intramolecular Hbond substituents is 2. The third kappa shape index (κ3) is 4.31. The molecule has 3 aromatic rings. The number of fused-ring (bicyclic) bond motifs is 1. The van der Waals surface area contributed by atoms with E-state index in [-0.39, 0.29) is 23.3 Å². The first-order valence-corrected chi connectivity index (χ1v) is 8.84. The van der Waals surface area contributed by atoms with Gasteiger partial charge in [0, 0.05) is 6.54 Å². The van der Waals surface area contributed by atoms with Gasteiger partial charge in [-0.3, -0.25) is 4.79 Å². The Morgan fingerprint density at radius 2 is 1.74 bits per heavy atom. The molecule has 27 heavy (non-hydrogen) atoms. The van der Waals surface area contributed by atoms with Gasteiger partial charge in [-0.05, 0) is 59.5 Å². The van der Waals surface area contributed by atoms with Gasteiger partial charge >= 0.3 is 0 Å². The van der Waals surface area contributed by atoms with Crippen LogP contribution in [-0.4, -0.2) is 29.8 Å². The Balaban J connectivity index is 1.62. The second kappa shape index (κ2) is 7.99. The van der Waals surface area contributed by atoms with Crippen LogP contribution in [0.1, 0.15) is 24.0 Å². The summed E-state index contributed by atoms with van der Waals surface area (Å²) in [4.78, 5) is 12.5. The number of phenols is 2. The number of hydrogen-bond donors (Lipinski definition) is 3. The Hall–Kier alpha value is -3.21. The molecule has 0 bridgehead atoms. The van der Waals surface area contributed by atoms with Crippen LogP contribution in [0.15, 0.2) is 54.6 Å². The van der Waals surface area contributed by atoms with Crippen molar-refractivity contribution in [3.8, 4) is 17.2 Å². The number of methoxy groups -OCH3 is 1. The molecule has 0 aliphatic rings. The van der Waals surface area contributed by atoms with Gasteiger partial charge in [-0.1, -0.05) is 30.3 Å². The Morgan fingerprint density at radius 3 is 2.48 bits per heavy atom. The molecule has 0 aromatic heterocycles. The second-order valence-corrected chi connectivity index (χ2v) is 6.56. The van der Waals surface area contributed by atoms with Crippen LogP contribution in [0, 0.1) is 0 Å². The van der Waals surface area contributed by atoms with E-state index in [4.69, 9.17) is 4.74 Å². The molecule has 0 radical (unpaired) electrons. The Labute approximate surface area is 158 Å². The summed E-state index contributed by atoms with van der Waals surface area (Å²) in [7, 11) is 1.64. The van der Waals surface area contributed by atoms with Gasteiger partial charge in [0.2, 0.25) is 5.91 Å². The zero-order valence-corrected chi connectivity index (χ0v) is 15.4. The number of ether oxygens (including phenoxy) is 1. The van der Waals surface area contributed by atoms with E-state index in [0.29, 0.717) is 13.0 Å². The zero-order chi connectivity index (χ0) is 19.4. The molecule has 3 rings (SSSR count). The summed E-state index contributed by atoms with van der Waals surface area (Å²) in [6.07, 6.45) is 0.573. The highest BCUT2D eigenvalue weighted by Gasteiger charge is 2.15. The third-order valence-electron chi connectivity index (χ3n) is 4.72. The van der Waals surface area contributed by atoms with Crippen LogP contribution >= 0.6 is 0 Å². The van der Waals surface area contributed by atoms with Gasteiger partial charge in [-0.2, -0.15) is 0 Å². The van der Waals surface area contributed by atoms with Gasteiger partial charge in [0.05, 0.1) is 13.0 Å². The number of amides is 1. The van der Waals surface area contributed by atoms with Crippen molar-refractivity contribution < 1.29 is 19.7 Å². The molecule has 0 aliphatic heterocycles. The lowest BCUT2D eigenvalue weighted by Gasteiger charge is -2.14. The van der Waals surface area contributed by atoms with Gasteiger partial charge < -0.3 is 20.3 Å². The number of hydrogen-bond acceptors (Lipinski definition) is 4. The number of carbonyl (C=O) groups excluding carboxylic acids is 1. The summed E-state index contributed by atoms with van der Waals surface area (Å²) in [5.74, 6) is 0.183. The van der Waals surface area contributed by atoms with Gasteiger partial charge in [0.1, 0.15) is 5.75 Å². The summed E-state index contributed by atoms with van der Waals surface area (Å²) in [6, 6.07) is 16.5. The lowest BCUT2D eigenvalue weighted by Crippen LogP contribution is -2.29. The molecule has 140 valence electrons. The van der Waals surface area contributed by atoms with E-state index < -0.39 is 0 Å². The van der Waals surface area contributed by atoms with E-state index in [9.17, 15) is 15.0 Å². The molecule has 0 saturated carbocycles. The first-order chi connectivity index (χ1) is 13.0. The zero-order valence-electron chi connectivity index (χ0n) is 15.4. The van der Waals surface area contributed by atoms with Crippen LogP contribution < -0.4 is 10.1 Å². The first-order valence-electron chi connectivity index (χ1n) is 8.84. The van der Waals surface area contributed by atoms with E-state index in [1.165, 1.54) is 12.1 Å². The van der Waals surface area contributed by atoms with Crippen LogP contribution in [0.3, 0.4) is 0 Å². The maximum Gasteiger partial charge on any atom is 0.227 e. The van der Waals surface area contributed by atoms with Crippen LogP contribution in [0.5, 0.6) is 17.2 Å². The standard InChI is InChI=1S/C22H23NO4/c1-14(16-4-5-18-13-19(27-2)7-6-17(18)12-16)22(26)23-10-9-15-3-8-20(24)21(25)11-15/h3-8,11-14,24-25H,9-10H2,1-2H3,(H,23,26)/t14-/m0/s1. The van der Waals surface area contributed by atoms with E-state index in [2.05, 4.69) is 5.32 Å². The number of aromatic hydroxyl groups is 2. The quantitative estimate of drug-likeness (QED) is 0.582. The molecule has 5 heteroatoms.